The van der Waals surface area contributed by atoms with Crippen LogP contribution in [0.4, 0.5) is 18.9 Å². The van der Waals surface area contributed by atoms with E-state index in [0.29, 0.717) is 16.6 Å². The highest BCUT2D eigenvalue weighted by molar-refractivity contribution is 7.80. The molecule has 10 heteroatoms. The van der Waals surface area contributed by atoms with Gasteiger partial charge in [0.2, 0.25) is 0 Å². The lowest BCUT2D eigenvalue weighted by Gasteiger charge is -2.16. The normalized spacial score (nSPS) is 12.6. The zero-order chi connectivity index (χ0) is 28.3. The standard InChI is InChI=1S/C30H26F3N5OS/c1-3-19(2)24-6-4-5-7-26(24)36-29(40)37-35-17-20-8-13-25-22(16-20)14-15-38-27(18-34-28(25)38)21-9-11-23(12-10-21)39-30(31,32)33/h4-19H,3H2,1-2H3,(H2,36,37,40). The number of hydrogen-bond donors (Lipinski definition) is 2. The Morgan fingerprint density at radius 1 is 1.10 bits per heavy atom. The van der Waals surface area contributed by atoms with E-state index in [2.05, 4.69) is 45.5 Å². The van der Waals surface area contributed by atoms with Crippen molar-refractivity contribution in [2.75, 3.05) is 5.32 Å². The van der Waals surface area contributed by atoms with E-state index in [1.54, 1.807) is 24.5 Å². The molecule has 6 nitrogen and oxygen atoms in total. The van der Waals surface area contributed by atoms with Gasteiger partial charge in [-0.1, -0.05) is 38.1 Å². The molecule has 0 saturated carbocycles. The summed E-state index contributed by atoms with van der Waals surface area (Å²) in [6.07, 6.45) is 1.57. The van der Waals surface area contributed by atoms with Gasteiger partial charge in [0.05, 0.1) is 18.1 Å². The Labute approximate surface area is 234 Å². The van der Waals surface area contributed by atoms with Crippen molar-refractivity contribution in [1.29, 1.82) is 0 Å². The van der Waals surface area contributed by atoms with Gasteiger partial charge in [0.15, 0.2) is 5.11 Å². The summed E-state index contributed by atoms with van der Waals surface area (Å²) in [5.41, 5.74) is 8.12. The van der Waals surface area contributed by atoms with Gasteiger partial charge in [0.1, 0.15) is 11.4 Å². The summed E-state index contributed by atoms with van der Waals surface area (Å²) in [5.74, 6) is 0.135. The molecule has 5 rings (SSSR count). The first-order valence-electron chi connectivity index (χ1n) is 12.7. The summed E-state index contributed by atoms with van der Waals surface area (Å²) in [5, 5.41) is 9.81. The van der Waals surface area contributed by atoms with Crippen LogP contribution < -0.4 is 15.5 Å². The highest BCUT2D eigenvalue weighted by Gasteiger charge is 2.31. The van der Waals surface area contributed by atoms with Crippen molar-refractivity contribution in [2.45, 2.75) is 32.5 Å². The van der Waals surface area contributed by atoms with Crippen molar-refractivity contribution in [1.82, 2.24) is 14.8 Å². The van der Waals surface area contributed by atoms with E-state index in [0.717, 1.165) is 39.8 Å². The number of hydrazone groups is 1. The van der Waals surface area contributed by atoms with Crippen molar-refractivity contribution < 1.29 is 17.9 Å². The molecule has 2 heterocycles. The minimum absolute atomic E-state index is 0.272. The molecule has 0 spiro atoms. The fourth-order valence-electron chi connectivity index (χ4n) is 4.49. The van der Waals surface area contributed by atoms with Crippen molar-refractivity contribution in [3.63, 3.8) is 0 Å². The topological polar surface area (TPSA) is 63.0 Å². The van der Waals surface area contributed by atoms with Gasteiger partial charge in [-0.05, 0) is 89.6 Å². The third kappa shape index (κ3) is 6.07. The van der Waals surface area contributed by atoms with Gasteiger partial charge in [-0.15, -0.1) is 13.2 Å². The lowest BCUT2D eigenvalue weighted by Crippen LogP contribution is -2.24. The minimum Gasteiger partial charge on any atom is -0.406 e. The molecule has 1 unspecified atom stereocenters. The number of nitrogens with zero attached hydrogens (tertiary/aromatic N) is 3. The van der Waals surface area contributed by atoms with Gasteiger partial charge in [-0.2, -0.15) is 5.10 Å². The number of rotatable bonds is 7. The Bertz CT molecular complexity index is 1700. The van der Waals surface area contributed by atoms with Crippen LogP contribution in [0.5, 0.6) is 5.75 Å². The number of pyridine rings is 1. The van der Waals surface area contributed by atoms with Crippen LogP contribution in [-0.2, 0) is 0 Å². The molecule has 0 bridgehead atoms. The summed E-state index contributed by atoms with van der Waals surface area (Å²) < 4.78 is 43.3. The predicted octanol–water partition coefficient (Wildman–Crippen LogP) is 7.89. The molecule has 0 radical (unpaired) electrons. The summed E-state index contributed by atoms with van der Waals surface area (Å²) in [7, 11) is 0. The maximum atomic E-state index is 12.5. The van der Waals surface area contributed by atoms with Crippen LogP contribution in [0.25, 0.3) is 27.7 Å². The second-order valence-electron chi connectivity index (χ2n) is 9.29. The van der Waals surface area contributed by atoms with E-state index in [-0.39, 0.29) is 5.75 Å². The van der Waals surface area contributed by atoms with Crippen LogP contribution in [0, 0.1) is 0 Å². The van der Waals surface area contributed by atoms with Crippen LogP contribution >= 0.6 is 12.2 Å². The molecular formula is C30H26F3N5OS. The molecule has 2 aromatic heterocycles. The maximum Gasteiger partial charge on any atom is 0.573 e. The minimum atomic E-state index is -4.73. The van der Waals surface area contributed by atoms with E-state index in [4.69, 9.17) is 12.2 Å². The Kier molecular flexibility index (Phi) is 7.70. The van der Waals surface area contributed by atoms with E-state index < -0.39 is 6.36 Å². The maximum absolute atomic E-state index is 12.5. The average Bonchev–Trinajstić information content (AvgIpc) is 3.37. The quantitative estimate of drug-likeness (QED) is 0.120. The fraction of sp³-hybridized carbons (Fsp3) is 0.167. The van der Waals surface area contributed by atoms with Gasteiger partial charge in [0.25, 0.3) is 0 Å². The molecule has 0 fully saturated rings. The molecule has 3 aromatic carbocycles. The SMILES string of the molecule is CCC(C)c1ccccc1NC(=S)NN=Cc1ccc2c(ccn3c(-c4ccc(OC(F)(F)F)cc4)cnc23)c1. The van der Waals surface area contributed by atoms with Crippen LogP contribution in [0.2, 0.25) is 0 Å². The Morgan fingerprint density at radius 3 is 2.62 bits per heavy atom. The van der Waals surface area contributed by atoms with Crippen molar-refractivity contribution >= 4 is 45.7 Å². The summed E-state index contributed by atoms with van der Waals surface area (Å²) in [6.45, 7) is 4.34. The highest BCUT2D eigenvalue weighted by Crippen LogP contribution is 2.29. The number of imidazole rings is 1. The monoisotopic (exact) mass is 561 g/mol. The van der Waals surface area contributed by atoms with Gasteiger partial charge < -0.3 is 10.1 Å². The van der Waals surface area contributed by atoms with Crippen LogP contribution in [0.3, 0.4) is 0 Å². The second-order valence-corrected chi connectivity index (χ2v) is 9.70. The van der Waals surface area contributed by atoms with Crippen LogP contribution in [0.1, 0.15) is 37.3 Å². The van der Waals surface area contributed by atoms with Gasteiger partial charge >= 0.3 is 6.36 Å². The van der Waals surface area contributed by atoms with Crippen LogP contribution in [-0.4, -0.2) is 27.1 Å². The summed E-state index contributed by atoms with van der Waals surface area (Å²) in [4.78, 5) is 4.57. The number of ether oxygens (including phenoxy) is 1. The number of aromatic nitrogens is 2. The smallest absolute Gasteiger partial charge is 0.406 e. The van der Waals surface area contributed by atoms with E-state index in [9.17, 15) is 13.2 Å². The van der Waals surface area contributed by atoms with Crippen molar-refractivity contribution in [3.05, 3.63) is 96.3 Å². The predicted molar refractivity (Wildman–Crippen MR) is 157 cm³/mol. The van der Waals surface area contributed by atoms with Crippen LogP contribution in [0.15, 0.2) is 90.3 Å². The van der Waals surface area contributed by atoms with Crippen molar-refractivity contribution in [3.8, 4) is 17.0 Å². The number of halogens is 3. The Morgan fingerprint density at radius 2 is 1.88 bits per heavy atom. The number of anilines is 1. The number of para-hydroxylation sites is 1. The molecule has 0 aliphatic carbocycles. The first-order chi connectivity index (χ1) is 19.2. The first-order valence-corrected chi connectivity index (χ1v) is 13.1. The molecule has 204 valence electrons. The summed E-state index contributed by atoms with van der Waals surface area (Å²) in [6, 6.07) is 21.6. The zero-order valence-corrected chi connectivity index (χ0v) is 22.6. The Hall–Kier alpha value is -4.44. The third-order valence-corrected chi connectivity index (χ3v) is 6.83. The van der Waals surface area contributed by atoms with Crippen molar-refractivity contribution in [2.24, 2.45) is 5.10 Å². The fourth-order valence-corrected chi connectivity index (χ4v) is 4.65. The van der Waals surface area contributed by atoms with E-state index in [1.807, 2.05) is 53.1 Å². The van der Waals surface area contributed by atoms with Gasteiger partial charge in [-0.3, -0.25) is 9.83 Å². The number of nitrogens with one attached hydrogen (secondary N) is 2. The lowest BCUT2D eigenvalue weighted by molar-refractivity contribution is -0.274. The molecule has 40 heavy (non-hydrogen) atoms. The number of alkyl halides is 3. The second kappa shape index (κ2) is 11.4. The molecule has 0 amide bonds. The first kappa shape index (κ1) is 27.1. The number of thiocarbonyl (C=S) groups is 1. The number of benzene rings is 3. The van der Waals surface area contributed by atoms with E-state index >= 15 is 0 Å². The average molecular weight is 562 g/mol. The molecule has 5 aromatic rings. The van der Waals surface area contributed by atoms with Gasteiger partial charge in [-0.25, -0.2) is 4.98 Å². The largest absolute Gasteiger partial charge is 0.573 e. The lowest BCUT2D eigenvalue weighted by atomic mass is 9.97. The molecular weight excluding hydrogens is 535 g/mol. The summed E-state index contributed by atoms with van der Waals surface area (Å²) >= 11 is 5.43. The molecule has 1 atom stereocenters. The zero-order valence-electron chi connectivity index (χ0n) is 21.7. The molecule has 0 saturated heterocycles. The highest BCUT2D eigenvalue weighted by atomic mass is 32.1. The molecule has 0 aliphatic heterocycles. The van der Waals surface area contributed by atoms with E-state index in [1.165, 1.54) is 17.7 Å². The Balaban J connectivity index is 1.30. The molecule has 2 N–H and O–H groups in total. The molecule has 0 aliphatic rings. The third-order valence-electron chi connectivity index (χ3n) is 6.63. The van der Waals surface area contributed by atoms with Gasteiger partial charge in [0, 0.05) is 22.8 Å². The number of fused-ring (bicyclic) bond motifs is 3. The number of hydrogen-bond acceptors (Lipinski definition) is 4.